The van der Waals surface area contributed by atoms with Gasteiger partial charge in [-0.05, 0) is 36.8 Å². The zero-order valence-electron chi connectivity index (χ0n) is 15.3. The Morgan fingerprint density at radius 2 is 1.89 bits per heavy atom. The summed E-state index contributed by atoms with van der Waals surface area (Å²) in [6.07, 6.45) is 0. The molecule has 5 nitrogen and oxygen atoms in total. The van der Waals surface area contributed by atoms with Gasteiger partial charge in [-0.3, -0.25) is 9.36 Å². The minimum Gasteiger partial charge on any atom is -0.408 e. The van der Waals surface area contributed by atoms with Gasteiger partial charge < -0.3 is 9.73 Å². The molecule has 0 fully saturated rings. The van der Waals surface area contributed by atoms with Crippen molar-refractivity contribution in [3.8, 4) is 0 Å². The summed E-state index contributed by atoms with van der Waals surface area (Å²) in [5.74, 6) is -0.820. The van der Waals surface area contributed by atoms with Gasteiger partial charge in [0.2, 0.25) is 5.91 Å². The zero-order chi connectivity index (χ0) is 19.8. The standard InChI is InChI=1S/C20H20Cl2N2O3/c1-12(24-16-6-4-5-7-17(16)27-19(24)26)18(25)23-11-20(2,3)13-8-9-14(21)15(22)10-13/h4-10,12H,11H2,1-3H3,(H,23,25). The van der Waals surface area contributed by atoms with E-state index in [1.165, 1.54) is 4.57 Å². The number of para-hydroxylation sites is 2. The first kappa shape index (κ1) is 19.5. The van der Waals surface area contributed by atoms with Gasteiger partial charge in [-0.25, -0.2) is 4.79 Å². The van der Waals surface area contributed by atoms with Crippen molar-refractivity contribution in [2.24, 2.45) is 0 Å². The van der Waals surface area contributed by atoms with Crippen LogP contribution >= 0.6 is 23.2 Å². The summed E-state index contributed by atoms with van der Waals surface area (Å²) in [5.41, 5.74) is 1.63. The maximum atomic E-state index is 12.7. The molecule has 0 aliphatic carbocycles. The summed E-state index contributed by atoms with van der Waals surface area (Å²) in [6.45, 7) is 6.04. The van der Waals surface area contributed by atoms with Gasteiger partial charge in [0.1, 0.15) is 6.04 Å². The Labute approximate surface area is 166 Å². The van der Waals surface area contributed by atoms with Crippen molar-refractivity contribution in [3.05, 3.63) is 68.6 Å². The Kier molecular flexibility index (Phi) is 5.36. The maximum Gasteiger partial charge on any atom is 0.420 e. The molecule has 3 rings (SSSR count). The van der Waals surface area contributed by atoms with Crippen LogP contribution in [0.25, 0.3) is 11.1 Å². The lowest BCUT2D eigenvalue weighted by Crippen LogP contribution is -2.41. The van der Waals surface area contributed by atoms with Crippen molar-refractivity contribution in [1.29, 1.82) is 0 Å². The van der Waals surface area contributed by atoms with E-state index in [9.17, 15) is 9.59 Å². The molecular weight excluding hydrogens is 387 g/mol. The predicted octanol–water partition coefficient (Wildman–Crippen LogP) is 4.56. The molecule has 1 amide bonds. The van der Waals surface area contributed by atoms with Gasteiger partial charge in [0, 0.05) is 12.0 Å². The lowest BCUT2D eigenvalue weighted by molar-refractivity contribution is -0.124. The average Bonchev–Trinajstić information content (AvgIpc) is 2.97. The summed E-state index contributed by atoms with van der Waals surface area (Å²) in [7, 11) is 0. The Morgan fingerprint density at radius 3 is 2.59 bits per heavy atom. The number of fused-ring (bicyclic) bond motifs is 1. The molecule has 0 aliphatic heterocycles. The highest BCUT2D eigenvalue weighted by molar-refractivity contribution is 6.42. The third kappa shape index (κ3) is 3.89. The van der Waals surface area contributed by atoms with Gasteiger partial charge in [-0.2, -0.15) is 0 Å². The fourth-order valence-corrected chi connectivity index (χ4v) is 3.24. The van der Waals surface area contributed by atoms with Crippen LogP contribution in [0.4, 0.5) is 0 Å². The second-order valence-corrected chi connectivity index (χ2v) is 7.93. The lowest BCUT2D eigenvalue weighted by atomic mass is 9.84. The highest BCUT2D eigenvalue weighted by atomic mass is 35.5. The normalized spacial score (nSPS) is 12.9. The molecule has 7 heteroatoms. The molecule has 27 heavy (non-hydrogen) atoms. The largest absolute Gasteiger partial charge is 0.420 e. The first-order valence-corrected chi connectivity index (χ1v) is 9.29. The molecule has 0 radical (unpaired) electrons. The van der Waals surface area contributed by atoms with E-state index >= 15 is 0 Å². The van der Waals surface area contributed by atoms with Gasteiger partial charge in [-0.1, -0.05) is 55.2 Å². The number of hydrogen-bond donors (Lipinski definition) is 1. The van der Waals surface area contributed by atoms with Crippen LogP contribution in [0.3, 0.4) is 0 Å². The molecule has 2 aromatic carbocycles. The highest BCUT2D eigenvalue weighted by Gasteiger charge is 2.26. The van der Waals surface area contributed by atoms with Crippen LogP contribution in [0.15, 0.2) is 51.7 Å². The molecule has 0 saturated heterocycles. The van der Waals surface area contributed by atoms with E-state index in [4.69, 9.17) is 27.6 Å². The Balaban J connectivity index is 1.77. The number of benzene rings is 2. The van der Waals surface area contributed by atoms with Crippen LogP contribution in [-0.4, -0.2) is 17.0 Å². The van der Waals surface area contributed by atoms with Crippen molar-refractivity contribution in [1.82, 2.24) is 9.88 Å². The SMILES string of the molecule is CC(C(=O)NCC(C)(C)c1ccc(Cl)c(Cl)c1)n1c(=O)oc2ccccc21. The van der Waals surface area contributed by atoms with Gasteiger partial charge >= 0.3 is 5.76 Å². The Morgan fingerprint density at radius 1 is 1.19 bits per heavy atom. The quantitative estimate of drug-likeness (QED) is 0.675. The van der Waals surface area contributed by atoms with Gasteiger partial charge in [0.15, 0.2) is 5.58 Å². The number of amides is 1. The second-order valence-electron chi connectivity index (χ2n) is 7.11. The van der Waals surface area contributed by atoms with Gasteiger partial charge in [0.05, 0.1) is 15.6 Å². The highest BCUT2D eigenvalue weighted by Crippen LogP contribution is 2.29. The molecule has 1 N–H and O–H groups in total. The zero-order valence-corrected chi connectivity index (χ0v) is 16.8. The molecule has 1 heterocycles. The lowest BCUT2D eigenvalue weighted by Gasteiger charge is -2.27. The third-order valence-corrected chi connectivity index (χ3v) is 5.43. The minimum atomic E-state index is -0.703. The van der Waals surface area contributed by atoms with Crippen LogP contribution in [0.1, 0.15) is 32.4 Å². The summed E-state index contributed by atoms with van der Waals surface area (Å²) in [4.78, 5) is 24.8. The number of hydrogen-bond acceptors (Lipinski definition) is 3. The van der Waals surface area contributed by atoms with Crippen LogP contribution < -0.4 is 11.1 Å². The number of carbonyl (C=O) groups is 1. The summed E-state index contributed by atoms with van der Waals surface area (Å²) < 4.78 is 6.57. The first-order valence-electron chi connectivity index (χ1n) is 8.54. The molecule has 1 atom stereocenters. The maximum absolute atomic E-state index is 12.7. The third-order valence-electron chi connectivity index (χ3n) is 4.69. The van der Waals surface area contributed by atoms with E-state index in [-0.39, 0.29) is 11.3 Å². The van der Waals surface area contributed by atoms with E-state index in [0.717, 1.165) is 5.56 Å². The number of nitrogens with one attached hydrogen (secondary N) is 1. The number of halogens is 2. The molecule has 142 valence electrons. The van der Waals surface area contributed by atoms with Crippen molar-refractivity contribution in [2.45, 2.75) is 32.2 Å². The van der Waals surface area contributed by atoms with Crippen LogP contribution in [0.2, 0.25) is 10.0 Å². The van der Waals surface area contributed by atoms with Crippen molar-refractivity contribution < 1.29 is 9.21 Å². The fourth-order valence-electron chi connectivity index (χ4n) is 2.94. The second kappa shape index (κ2) is 7.41. The Hall–Kier alpha value is -2.24. The number of carbonyl (C=O) groups excluding carboxylic acids is 1. The van der Waals surface area contributed by atoms with E-state index in [0.29, 0.717) is 27.7 Å². The number of oxazole rings is 1. The summed E-state index contributed by atoms with van der Waals surface area (Å²) in [5, 5.41) is 3.88. The monoisotopic (exact) mass is 406 g/mol. The number of nitrogens with zero attached hydrogens (tertiary/aromatic N) is 1. The van der Waals surface area contributed by atoms with E-state index < -0.39 is 11.8 Å². The smallest absolute Gasteiger partial charge is 0.408 e. The van der Waals surface area contributed by atoms with Crippen molar-refractivity contribution in [2.75, 3.05) is 6.54 Å². The minimum absolute atomic E-state index is 0.267. The molecule has 0 bridgehead atoms. The van der Waals surface area contributed by atoms with Crippen molar-refractivity contribution in [3.63, 3.8) is 0 Å². The molecule has 3 aromatic rings. The molecular formula is C20H20Cl2N2O3. The van der Waals surface area contributed by atoms with Crippen LogP contribution in [0.5, 0.6) is 0 Å². The molecule has 1 aromatic heterocycles. The molecule has 0 spiro atoms. The molecule has 0 saturated carbocycles. The molecule has 0 aliphatic rings. The summed E-state index contributed by atoms with van der Waals surface area (Å²) >= 11 is 12.1. The van der Waals surface area contributed by atoms with Crippen LogP contribution in [0, 0.1) is 0 Å². The number of rotatable bonds is 5. The van der Waals surface area contributed by atoms with E-state index in [1.54, 1.807) is 43.3 Å². The predicted molar refractivity (Wildman–Crippen MR) is 108 cm³/mol. The van der Waals surface area contributed by atoms with E-state index in [1.807, 2.05) is 19.9 Å². The average molecular weight is 407 g/mol. The first-order chi connectivity index (χ1) is 12.7. The van der Waals surface area contributed by atoms with Crippen LogP contribution in [-0.2, 0) is 10.2 Å². The van der Waals surface area contributed by atoms with E-state index in [2.05, 4.69) is 5.32 Å². The van der Waals surface area contributed by atoms with Gasteiger partial charge in [-0.15, -0.1) is 0 Å². The fraction of sp³-hybridized carbons (Fsp3) is 0.300. The summed E-state index contributed by atoms with van der Waals surface area (Å²) in [6, 6.07) is 11.8. The van der Waals surface area contributed by atoms with Gasteiger partial charge in [0.25, 0.3) is 0 Å². The number of aromatic nitrogens is 1. The molecule has 1 unspecified atom stereocenters. The van der Waals surface area contributed by atoms with Crippen molar-refractivity contribution >= 4 is 40.2 Å². The topological polar surface area (TPSA) is 64.2 Å². The Bertz CT molecular complexity index is 1050.